The van der Waals surface area contributed by atoms with Crippen molar-refractivity contribution in [3.63, 3.8) is 0 Å². The summed E-state index contributed by atoms with van der Waals surface area (Å²) in [5.74, 6) is 0.361. The maximum Gasteiger partial charge on any atom is 0.159 e. The molecule has 3 nitrogen and oxygen atoms in total. The fraction of sp³-hybridized carbons (Fsp3) is 0.400. The molecule has 0 aliphatic carbocycles. The maximum atomic E-state index is 6.13. The number of nitrogens with zero attached hydrogens (tertiary/aromatic N) is 3. The molecule has 0 aliphatic rings. The molecule has 2 aromatic rings. The lowest BCUT2D eigenvalue weighted by Crippen LogP contribution is -1.93. The summed E-state index contributed by atoms with van der Waals surface area (Å²) in [5.41, 5.74) is 1.86. The molecule has 0 aromatic carbocycles. The molecule has 74 valence electrons. The van der Waals surface area contributed by atoms with E-state index in [2.05, 4.69) is 23.9 Å². The standard InChI is InChI=1S/C10H12ClN3/c1-6(2)9-8-7(11)4-5-12-10(8)14(3)13-9/h4-6H,1-3H3. The number of fused-ring (bicyclic) bond motifs is 1. The number of aryl methyl sites for hydroxylation is 1. The van der Waals surface area contributed by atoms with Gasteiger partial charge in [-0.05, 0) is 12.0 Å². The summed E-state index contributed by atoms with van der Waals surface area (Å²) in [6.45, 7) is 4.20. The van der Waals surface area contributed by atoms with Crippen molar-refractivity contribution in [2.75, 3.05) is 0 Å². The second-order valence-electron chi connectivity index (χ2n) is 3.65. The third-order valence-electron chi connectivity index (χ3n) is 2.25. The van der Waals surface area contributed by atoms with E-state index in [1.165, 1.54) is 0 Å². The topological polar surface area (TPSA) is 30.7 Å². The molecule has 0 saturated carbocycles. The highest BCUT2D eigenvalue weighted by atomic mass is 35.5. The second kappa shape index (κ2) is 3.24. The normalized spacial score (nSPS) is 11.5. The van der Waals surface area contributed by atoms with E-state index >= 15 is 0 Å². The summed E-state index contributed by atoms with van der Waals surface area (Å²) in [4.78, 5) is 4.26. The van der Waals surface area contributed by atoms with E-state index in [1.54, 1.807) is 16.9 Å². The summed E-state index contributed by atoms with van der Waals surface area (Å²) >= 11 is 6.13. The number of rotatable bonds is 1. The van der Waals surface area contributed by atoms with E-state index in [4.69, 9.17) is 11.6 Å². The van der Waals surface area contributed by atoms with Gasteiger partial charge in [0, 0.05) is 13.2 Å². The van der Waals surface area contributed by atoms with Crippen LogP contribution in [-0.2, 0) is 7.05 Å². The van der Waals surface area contributed by atoms with Crippen LogP contribution < -0.4 is 0 Å². The van der Waals surface area contributed by atoms with Crippen molar-refractivity contribution in [2.45, 2.75) is 19.8 Å². The molecular weight excluding hydrogens is 198 g/mol. The average molecular weight is 210 g/mol. The van der Waals surface area contributed by atoms with Gasteiger partial charge in [0.05, 0.1) is 16.1 Å². The van der Waals surface area contributed by atoms with Crippen molar-refractivity contribution in [1.82, 2.24) is 14.8 Å². The molecular formula is C10H12ClN3. The van der Waals surface area contributed by atoms with Crippen LogP contribution in [0.3, 0.4) is 0 Å². The van der Waals surface area contributed by atoms with Gasteiger partial charge in [-0.2, -0.15) is 5.10 Å². The van der Waals surface area contributed by atoms with Gasteiger partial charge in [-0.15, -0.1) is 0 Å². The molecule has 14 heavy (non-hydrogen) atoms. The molecule has 0 saturated heterocycles. The Kier molecular flexibility index (Phi) is 2.19. The highest BCUT2D eigenvalue weighted by Gasteiger charge is 2.14. The Hall–Kier alpha value is -1.09. The first-order chi connectivity index (χ1) is 6.61. The lowest BCUT2D eigenvalue weighted by Gasteiger charge is -2.00. The van der Waals surface area contributed by atoms with Gasteiger partial charge in [-0.3, -0.25) is 4.68 Å². The Morgan fingerprint density at radius 2 is 2.14 bits per heavy atom. The van der Waals surface area contributed by atoms with E-state index in [0.29, 0.717) is 5.92 Å². The van der Waals surface area contributed by atoms with E-state index in [-0.39, 0.29) is 0 Å². The predicted octanol–water partition coefficient (Wildman–Crippen LogP) is 2.75. The second-order valence-corrected chi connectivity index (χ2v) is 4.06. The van der Waals surface area contributed by atoms with Gasteiger partial charge in [-0.1, -0.05) is 25.4 Å². The van der Waals surface area contributed by atoms with Crippen molar-refractivity contribution in [3.05, 3.63) is 23.0 Å². The molecule has 4 heteroatoms. The predicted molar refractivity (Wildman–Crippen MR) is 57.6 cm³/mol. The van der Waals surface area contributed by atoms with Gasteiger partial charge >= 0.3 is 0 Å². The van der Waals surface area contributed by atoms with E-state index in [1.807, 2.05) is 7.05 Å². The molecule has 0 atom stereocenters. The van der Waals surface area contributed by atoms with Crippen molar-refractivity contribution < 1.29 is 0 Å². The highest BCUT2D eigenvalue weighted by molar-refractivity contribution is 6.35. The van der Waals surface area contributed by atoms with Crippen molar-refractivity contribution in [3.8, 4) is 0 Å². The monoisotopic (exact) mass is 209 g/mol. The highest BCUT2D eigenvalue weighted by Crippen LogP contribution is 2.28. The van der Waals surface area contributed by atoms with Crippen molar-refractivity contribution >= 4 is 22.6 Å². The molecule has 0 amide bonds. The van der Waals surface area contributed by atoms with Crippen LogP contribution in [0.15, 0.2) is 12.3 Å². The lowest BCUT2D eigenvalue weighted by atomic mass is 10.1. The van der Waals surface area contributed by atoms with Crippen LogP contribution in [0.2, 0.25) is 5.02 Å². The third kappa shape index (κ3) is 1.28. The van der Waals surface area contributed by atoms with Crippen LogP contribution in [0.25, 0.3) is 11.0 Å². The number of pyridine rings is 1. The fourth-order valence-electron chi connectivity index (χ4n) is 1.57. The maximum absolute atomic E-state index is 6.13. The first kappa shape index (κ1) is 9.46. The van der Waals surface area contributed by atoms with Gasteiger partial charge < -0.3 is 0 Å². The van der Waals surface area contributed by atoms with Gasteiger partial charge in [-0.25, -0.2) is 4.98 Å². The quantitative estimate of drug-likeness (QED) is 0.723. The minimum absolute atomic E-state index is 0.361. The van der Waals surface area contributed by atoms with Crippen molar-refractivity contribution in [2.24, 2.45) is 7.05 Å². The Labute approximate surface area is 87.7 Å². The summed E-state index contributed by atoms with van der Waals surface area (Å²) in [7, 11) is 1.89. The molecule has 0 unspecified atom stereocenters. The number of hydrogen-bond donors (Lipinski definition) is 0. The first-order valence-electron chi connectivity index (χ1n) is 4.58. The molecule has 0 bridgehead atoms. The molecule has 2 heterocycles. The van der Waals surface area contributed by atoms with Crippen LogP contribution in [0, 0.1) is 0 Å². The molecule has 0 N–H and O–H groups in total. The van der Waals surface area contributed by atoms with Crippen LogP contribution >= 0.6 is 11.6 Å². The molecule has 0 spiro atoms. The summed E-state index contributed by atoms with van der Waals surface area (Å²) in [6, 6.07) is 1.80. The Balaban J connectivity index is 2.86. The zero-order chi connectivity index (χ0) is 10.3. The number of halogens is 1. The third-order valence-corrected chi connectivity index (χ3v) is 2.56. The minimum Gasteiger partial charge on any atom is -0.250 e. The summed E-state index contributed by atoms with van der Waals surface area (Å²) < 4.78 is 1.77. The van der Waals surface area contributed by atoms with E-state index in [9.17, 15) is 0 Å². The smallest absolute Gasteiger partial charge is 0.159 e. The summed E-state index contributed by atoms with van der Waals surface area (Å²) in [6.07, 6.45) is 1.70. The molecule has 0 fully saturated rings. The van der Waals surface area contributed by atoms with Crippen LogP contribution in [0.4, 0.5) is 0 Å². The molecule has 2 rings (SSSR count). The zero-order valence-electron chi connectivity index (χ0n) is 8.45. The number of aromatic nitrogens is 3. The lowest BCUT2D eigenvalue weighted by molar-refractivity contribution is 0.724. The fourth-order valence-corrected chi connectivity index (χ4v) is 1.81. The zero-order valence-corrected chi connectivity index (χ0v) is 9.21. The molecule has 0 radical (unpaired) electrons. The van der Waals surface area contributed by atoms with Gasteiger partial charge in [0.1, 0.15) is 0 Å². The average Bonchev–Trinajstić information content (AvgIpc) is 2.46. The van der Waals surface area contributed by atoms with Gasteiger partial charge in [0.25, 0.3) is 0 Å². The molecule has 2 aromatic heterocycles. The van der Waals surface area contributed by atoms with Crippen molar-refractivity contribution in [1.29, 1.82) is 0 Å². The Morgan fingerprint density at radius 1 is 1.43 bits per heavy atom. The summed E-state index contributed by atoms with van der Waals surface area (Å²) in [5, 5.41) is 6.13. The SMILES string of the molecule is CC(C)c1nn(C)c2nccc(Cl)c12. The van der Waals surface area contributed by atoms with Gasteiger partial charge in [0.15, 0.2) is 5.65 Å². The van der Waals surface area contributed by atoms with Crippen LogP contribution in [0.5, 0.6) is 0 Å². The molecule has 0 aliphatic heterocycles. The van der Waals surface area contributed by atoms with E-state index < -0.39 is 0 Å². The van der Waals surface area contributed by atoms with Crippen LogP contribution in [-0.4, -0.2) is 14.8 Å². The largest absolute Gasteiger partial charge is 0.250 e. The first-order valence-corrected chi connectivity index (χ1v) is 4.96. The van der Waals surface area contributed by atoms with E-state index in [0.717, 1.165) is 21.7 Å². The number of hydrogen-bond acceptors (Lipinski definition) is 2. The van der Waals surface area contributed by atoms with Crippen LogP contribution in [0.1, 0.15) is 25.5 Å². The van der Waals surface area contributed by atoms with Gasteiger partial charge in [0.2, 0.25) is 0 Å². The Morgan fingerprint density at radius 3 is 2.79 bits per heavy atom. The Bertz CT molecular complexity index is 473. The minimum atomic E-state index is 0.361.